The largest absolute Gasteiger partial charge is 0.357 e. The van der Waals surface area contributed by atoms with E-state index in [1.807, 2.05) is 24.3 Å². The van der Waals surface area contributed by atoms with Gasteiger partial charge in [-0.15, -0.1) is 0 Å². The smallest absolute Gasteiger partial charge is 0.237 e. The lowest BCUT2D eigenvalue weighted by molar-refractivity contribution is -0.162. The summed E-state index contributed by atoms with van der Waals surface area (Å²) >= 11 is 0. The molecule has 0 spiro atoms. The van der Waals surface area contributed by atoms with Crippen LogP contribution in [0.3, 0.4) is 0 Å². The molecule has 0 unspecified atom stereocenters. The Morgan fingerprint density at radius 3 is 2.31 bits per heavy atom. The fraction of sp³-hybridized carbons (Fsp3) is 0.154. The van der Waals surface area contributed by atoms with E-state index < -0.39 is 5.79 Å². The van der Waals surface area contributed by atoms with Crippen LogP contribution in [0.4, 0.5) is 0 Å². The molecule has 0 saturated carbocycles. The minimum absolute atomic E-state index is 0.476. The monoisotopic (exact) mass is 215 g/mol. The molecule has 3 nitrogen and oxygen atoms in total. The van der Waals surface area contributed by atoms with Crippen molar-refractivity contribution >= 4 is 0 Å². The van der Waals surface area contributed by atoms with E-state index in [2.05, 4.69) is 4.98 Å². The van der Waals surface area contributed by atoms with Crippen LogP contribution in [0.1, 0.15) is 11.3 Å². The highest BCUT2D eigenvalue weighted by Crippen LogP contribution is 2.28. The summed E-state index contributed by atoms with van der Waals surface area (Å²) in [6.45, 7) is 0. The molecule has 1 aromatic carbocycles. The molecule has 2 aromatic rings. The molecule has 1 heterocycles. The highest BCUT2D eigenvalue weighted by atomic mass is 16.6. The van der Waals surface area contributed by atoms with Gasteiger partial charge in [0.1, 0.15) is 5.69 Å². The van der Waals surface area contributed by atoms with Gasteiger partial charge in [-0.2, -0.15) is 0 Å². The fourth-order valence-electron chi connectivity index (χ4n) is 1.60. The average Bonchev–Trinajstić information content (AvgIpc) is 2.40. The van der Waals surface area contributed by atoms with Crippen LogP contribution in [-0.4, -0.2) is 17.2 Å². The van der Waals surface area contributed by atoms with Crippen LogP contribution < -0.4 is 0 Å². The molecule has 1 atom stereocenters. The molecule has 82 valence electrons. The SMILES string of the molecule is CO[C@](O)(c1ccccc1)c1ccccn1. The average molecular weight is 215 g/mol. The van der Waals surface area contributed by atoms with Crippen LogP contribution in [0.25, 0.3) is 0 Å². The molecule has 16 heavy (non-hydrogen) atoms. The standard InChI is InChI=1S/C13H13NO2/c1-16-13(15,11-7-3-2-4-8-11)12-9-5-6-10-14-12/h2-10,15H,1H3/t13-/m1/s1. The van der Waals surface area contributed by atoms with E-state index in [9.17, 15) is 5.11 Å². The zero-order chi connectivity index (χ0) is 11.4. The molecule has 0 aliphatic heterocycles. The molecule has 1 aromatic heterocycles. The first-order chi connectivity index (χ1) is 7.77. The molecule has 0 saturated heterocycles. The Morgan fingerprint density at radius 1 is 1.06 bits per heavy atom. The van der Waals surface area contributed by atoms with E-state index in [0.717, 1.165) is 0 Å². The van der Waals surface area contributed by atoms with E-state index in [1.165, 1.54) is 7.11 Å². The topological polar surface area (TPSA) is 42.4 Å². The molecule has 2 rings (SSSR count). The number of ether oxygens (including phenoxy) is 1. The van der Waals surface area contributed by atoms with Crippen LogP contribution in [0.15, 0.2) is 54.7 Å². The zero-order valence-corrected chi connectivity index (χ0v) is 9.00. The summed E-state index contributed by atoms with van der Waals surface area (Å²) < 4.78 is 5.20. The van der Waals surface area contributed by atoms with Crippen molar-refractivity contribution in [3.8, 4) is 0 Å². The predicted octanol–water partition coefficient (Wildman–Crippen LogP) is 1.92. The van der Waals surface area contributed by atoms with Gasteiger partial charge in [0.05, 0.1) is 0 Å². The minimum atomic E-state index is -1.48. The lowest BCUT2D eigenvalue weighted by Gasteiger charge is -2.26. The van der Waals surface area contributed by atoms with Crippen molar-refractivity contribution in [3.05, 3.63) is 66.0 Å². The van der Waals surface area contributed by atoms with Gasteiger partial charge in [0.25, 0.3) is 0 Å². The Morgan fingerprint density at radius 2 is 1.75 bits per heavy atom. The number of rotatable bonds is 3. The van der Waals surface area contributed by atoms with Crippen LogP contribution >= 0.6 is 0 Å². The van der Waals surface area contributed by atoms with Crippen LogP contribution in [0, 0.1) is 0 Å². The van der Waals surface area contributed by atoms with Gasteiger partial charge in [0, 0.05) is 18.9 Å². The number of methoxy groups -OCH3 is 1. The van der Waals surface area contributed by atoms with Gasteiger partial charge in [-0.25, -0.2) is 0 Å². The number of aromatic nitrogens is 1. The van der Waals surface area contributed by atoms with Crippen LogP contribution in [-0.2, 0) is 10.5 Å². The third-order valence-electron chi connectivity index (χ3n) is 2.47. The number of aliphatic hydroxyl groups is 1. The third-order valence-corrected chi connectivity index (χ3v) is 2.47. The molecule has 0 amide bonds. The normalized spacial score (nSPS) is 14.4. The van der Waals surface area contributed by atoms with Crippen molar-refractivity contribution in [2.24, 2.45) is 0 Å². The van der Waals surface area contributed by atoms with Crippen molar-refractivity contribution in [1.82, 2.24) is 4.98 Å². The second kappa shape index (κ2) is 4.43. The predicted molar refractivity (Wildman–Crippen MR) is 60.7 cm³/mol. The van der Waals surface area contributed by atoms with E-state index in [0.29, 0.717) is 11.3 Å². The molecule has 0 aliphatic rings. The number of nitrogens with zero attached hydrogens (tertiary/aromatic N) is 1. The van der Waals surface area contributed by atoms with Crippen molar-refractivity contribution < 1.29 is 9.84 Å². The van der Waals surface area contributed by atoms with E-state index in [1.54, 1.807) is 30.5 Å². The van der Waals surface area contributed by atoms with Gasteiger partial charge in [-0.1, -0.05) is 36.4 Å². The highest BCUT2D eigenvalue weighted by molar-refractivity contribution is 5.28. The Bertz CT molecular complexity index is 403. The molecular weight excluding hydrogens is 202 g/mol. The van der Waals surface area contributed by atoms with Crippen LogP contribution in [0.2, 0.25) is 0 Å². The number of pyridine rings is 1. The van der Waals surface area contributed by atoms with Crippen molar-refractivity contribution in [2.45, 2.75) is 5.79 Å². The van der Waals surface area contributed by atoms with Crippen LogP contribution in [0.5, 0.6) is 0 Å². The highest BCUT2D eigenvalue weighted by Gasteiger charge is 2.32. The van der Waals surface area contributed by atoms with Gasteiger partial charge >= 0.3 is 0 Å². The first-order valence-corrected chi connectivity index (χ1v) is 5.02. The Hall–Kier alpha value is -1.71. The summed E-state index contributed by atoms with van der Waals surface area (Å²) in [6.07, 6.45) is 1.63. The zero-order valence-electron chi connectivity index (χ0n) is 9.00. The summed E-state index contributed by atoms with van der Waals surface area (Å²) in [7, 11) is 1.46. The van der Waals surface area contributed by atoms with Gasteiger partial charge in [0.2, 0.25) is 5.79 Å². The summed E-state index contributed by atoms with van der Waals surface area (Å²) in [5.41, 5.74) is 1.14. The lowest BCUT2D eigenvalue weighted by atomic mass is 10.0. The van der Waals surface area contributed by atoms with Crippen molar-refractivity contribution in [3.63, 3.8) is 0 Å². The molecule has 0 radical (unpaired) electrons. The number of benzene rings is 1. The lowest BCUT2D eigenvalue weighted by Crippen LogP contribution is -2.30. The van der Waals surface area contributed by atoms with Gasteiger partial charge < -0.3 is 9.84 Å². The molecule has 0 aliphatic carbocycles. The van der Waals surface area contributed by atoms with Gasteiger partial charge in [0.15, 0.2) is 0 Å². The van der Waals surface area contributed by atoms with E-state index in [4.69, 9.17) is 4.74 Å². The van der Waals surface area contributed by atoms with Crippen molar-refractivity contribution in [1.29, 1.82) is 0 Å². The first kappa shape index (κ1) is 10.8. The number of hydrogen-bond donors (Lipinski definition) is 1. The third kappa shape index (κ3) is 1.83. The maximum atomic E-state index is 10.5. The minimum Gasteiger partial charge on any atom is -0.357 e. The van der Waals surface area contributed by atoms with Crippen molar-refractivity contribution in [2.75, 3.05) is 7.11 Å². The Balaban J connectivity index is 2.49. The van der Waals surface area contributed by atoms with E-state index in [-0.39, 0.29) is 0 Å². The number of hydrogen-bond acceptors (Lipinski definition) is 3. The summed E-state index contributed by atoms with van der Waals surface area (Å²) in [6, 6.07) is 14.5. The summed E-state index contributed by atoms with van der Waals surface area (Å²) in [4.78, 5) is 4.12. The Labute approximate surface area is 94.3 Å². The summed E-state index contributed by atoms with van der Waals surface area (Å²) in [5.74, 6) is -1.48. The Kier molecular flexibility index (Phi) is 2.99. The van der Waals surface area contributed by atoms with Gasteiger partial charge in [-0.3, -0.25) is 4.98 Å². The molecular formula is C13H13NO2. The van der Waals surface area contributed by atoms with Gasteiger partial charge in [-0.05, 0) is 12.1 Å². The molecule has 0 bridgehead atoms. The van der Waals surface area contributed by atoms with E-state index >= 15 is 0 Å². The second-order valence-electron chi connectivity index (χ2n) is 3.43. The maximum absolute atomic E-state index is 10.5. The fourth-order valence-corrected chi connectivity index (χ4v) is 1.60. The second-order valence-corrected chi connectivity index (χ2v) is 3.43. The molecule has 1 N–H and O–H groups in total. The molecule has 3 heteroatoms. The maximum Gasteiger partial charge on any atom is 0.237 e. The quantitative estimate of drug-likeness (QED) is 0.795. The first-order valence-electron chi connectivity index (χ1n) is 5.02. The summed E-state index contributed by atoms with van der Waals surface area (Å²) in [5, 5.41) is 10.5. The molecule has 0 fully saturated rings.